The molecule has 1 aliphatic rings. The zero-order valence-electron chi connectivity index (χ0n) is 10.4. The average Bonchev–Trinajstić information content (AvgIpc) is 2.37. The van der Waals surface area contributed by atoms with Crippen LogP contribution in [0.5, 0.6) is 0 Å². The van der Waals surface area contributed by atoms with Crippen LogP contribution in [0.1, 0.15) is 30.3 Å². The van der Waals surface area contributed by atoms with E-state index >= 15 is 0 Å². The standard InChI is InChI=1S/C13H17N3O2/c1-16-8-2-3-10(9-16)11-6-7-14-12(15-11)4-5-13(17)18/h4-7,10H,2-3,8-9H2,1H3,(H,17,18)/b5-4+. The molecule has 1 saturated heterocycles. The maximum Gasteiger partial charge on any atom is 0.328 e. The van der Waals surface area contributed by atoms with Crippen molar-refractivity contribution in [3.05, 3.63) is 29.9 Å². The molecular formula is C13H17N3O2. The van der Waals surface area contributed by atoms with Crippen LogP contribution in [-0.4, -0.2) is 46.1 Å². The Balaban J connectivity index is 2.13. The third kappa shape index (κ3) is 3.37. The van der Waals surface area contributed by atoms with Crippen molar-refractivity contribution in [1.29, 1.82) is 0 Å². The fraction of sp³-hybridized carbons (Fsp3) is 0.462. The van der Waals surface area contributed by atoms with Crippen LogP contribution in [0.15, 0.2) is 18.3 Å². The minimum Gasteiger partial charge on any atom is -0.478 e. The highest BCUT2D eigenvalue weighted by Gasteiger charge is 2.20. The molecule has 1 fully saturated rings. The molecule has 96 valence electrons. The summed E-state index contributed by atoms with van der Waals surface area (Å²) in [4.78, 5) is 21.2. The van der Waals surface area contributed by atoms with E-state index in [1.807, 2.05) is 6.07 Å². The lowest BCUT2D eigenvalue weighted by molar-refractivity contribution is -0.131. The van der Waals surface area contributed by atoms with E-state index in [4.69, 9.17) is 5.11 Å². The number of piperidine rings is 1. The molecule has 5 heteroatoms. The summed E-state index contributed by atoms with van der Waals surface area (Å²) in [7, 11) is 2.11. The van der Waals surface area contributed by atoms with Crippen molar-refractivity contribution in [2.75, 3.05) is 20.1 Å². The molecule has 2 heterocycles. The first-order valence-electron chi connectivity index (χ1n) is 6.07. The zero-order valence-corrected chi connectivity index (χ0v) is 10.4. The SMILES string of the molecule is CN1CCCC(c2ccnc(/C=C/C(=O)O)n2)C1. The van der Waals surface area contributed by atoms with Gasteiger partial charge in [-0.15, -0.1) is 0 Å². The molecule has 0 aromatic carbocycles. The van der Waals surface area contributed by atoms with Crippen LogP contribution >= 0.6 is 0 Å². The number of nitrogens with zero attached hydrogens (tertiary/aromatic N) is 3. The molecule has 18 heavy (non-hydrogen) atoms. The molecule has 0 bridgehead atoms. The number of likely N-dealkylation sites (N-methyl/N-ethyl adjacent to an activating group) is 1. The molecule has 0 amide bonds. The van der Waals surface area contributed by atoms with Gasteiger partial charge in [-0.05, 0) is 38.6 Å². The number of carboxylic acids is 1. The molecule has 1 aromatic rings. The number of likely N-dealkylation sites (tertiary alicyclic amines) is 1. The monoisotopic (exact) mass is 247 g/mol. The molecule has 0 aliphatic carbocycles. The van der Waals surface area contributed by atoms with Gasteiger partial charge in [0.2, 0.25) is 0 Å². The van der Waals surface area contributed by atoms with Crippen LogP contribution in [0.2, 0.25) is 0 Å². The number of rotatable bonds is 3. The van der Waals surface area contributed by atoms with E-state index in [1.165, 1.54) is 12.5 Å². The Bertz CT molecular complexity index is 459. The average molecular weight is 247 g/mol. The highest BCUT2D eigenvalue weighted by molar-refractivity contribution is 5.84. The summed E-state index contributed by atoms with van der Waals surface area (Å²) in [5.41, 5.74) is 1.00. The molecule has 1 aliphatic heterocycles. The van der Waals surface area contributed by atoms with Gasteiger partial charge in [-0.3, -0.25) is 0 Å². The first-order valence-corrected chi connectivity index (χ1v) is 6.07. The van der Waals surface area contributed by atoms with Crippen molar-refractivity contribution >= 4 is 12.0 Å². The van der Waals surface area contributed by atoms with Gasteiger partial charge >= 0.3 is 5.97 Å². The summed E-state index contributed by atoms with van der Waals surface area (Å²) in [5.74, 6) is -0.103. The van der Waals surface area contributed by atoms with E-state index in [0.717, 1.165) is 31.3 Å². The molecule has 1 atom stereocenters. The van der Waals surface area contributed by atoms with Gasteiger partial charge in [-0.2, -0.15) is 0 Å². The molecule has 2 rings (SSSR count). The number of hydrogen-bond acceptors (Lipinski definition) is 4. The van der Waals surface area contributed by atoms with Crippen molar-refractivity contribution in [2.24, 2.45) is 0 Å². The van der Waals surface area contributed by atoms with E-state index in [2.05, 4.69) is 21.9 Å². The fourth-order valence-electron chi connectivity index (χ4n) is 2.25. The van der Waals surface area contributed by atoms with E-state index in [1.54, 1.807) is 6.20 Å². The molecule has 0 radical (unpaired) electrons. The first-order chi connectivity index (χ1) is 8.65. The van der Waals surface area contributed by atoms with Gasteiger partial charge in [-0.25, -0.2) is 14.8 Å². The number of aliphatic carboxylic acids is 1. The largest absolute Gasteiger partial charge is 0.478 e. The number of carbonyl (C=O) groups is 1. The van der Waals surface area contributed by atoms with Gasteiger partial charge in [0.25, 0.3) is 0 Å². The Labute approximate surface area is 106 Å². The molecular weight excluding hydrogens is 230 g/mol. The minimum atomic E-state index is -0.985. The Morgan fingerprint density at radius 2 is 2.44 bits per heavy atom. The van der Waals surface area contributed by atoms with Crippen LogP contribution < -0.4 is 0 Å². The third-order valence-corrected chi connectivity index (χ3v) is 3.11. The van der Waals surface area contributed by atoms with Gasteiger partial charge in [0.05, 0.1) is 0 Å². The van der Waals surface area contributed by atoms with Crippen LogP contribution in [-0.2, 0) is 4.79 Å². The number of carboxylic acid groups (broad SMARTS) is 1. The lowest BCUT2D eigenvalue weighted by Crippen LogP contribution is -2.31. The molecule has 1 N–H and O–H groups in total. The van der Waals surface area contributed by atoms with Crippen molar-refractivity contribution in [1.82, 2.24) is 14.9 Å². The lowest BCUT2D eigenvalue weighted by Gasteiger charge is -2.29. The maximum absolute atomic E-state index is 10.5. The molecule has 0 spiro atoms. The number of aromatic nitrogens is 2. The van der Waals surface area contributed by atoms with Crippen molar-refractivity contribution in [3.63, 3.8) is 0 Å². The minimum absolute atomic E-state index is 0.420. The summed E-state index contributed by atoms with van der Waals surface area (Å²) in [5, 5.41) is 8.58. The highest BCUT2D eigenvalue weighted by atomic mass is 16.4. The lowest BCUT2D eigenvalue weighted by atomic mass is 9.95. The quantitative estimate of drug-likeness (QED) is 0.817. The maximum atomic E-state index is 10.5. The van der Waals surface area contributed by atoms with Gasteiger partial charge in [0.15, 0.2) is 5.82 Å². The van der Waals surface area contributed by atoms with Gasteiger partial charge < -0.3 is 10.0 Å². The van der Waals surface area contributed by atoms with E-state index in [0.29, 0.717) is 11.7 Å². The molecule has 5 nitrogen and oxygen atoms in total. The summed E-state index contributed by atoms with van der Waals surface area (Å²) in [6, 6.07) is 1.92. The Hall–Kier alpha value is -1.75. The van der Waals surface area contributed by atoms with Gasteiger partial charge in [0.1, 0.15) is 0 Å². The second-order valence-electron chi connectivity index (χ2n) is 4.61. The summed E-state index contributed by atoms with van der Waals surface area (Å²) in [6.07, 6.45) is 6.48. The van der Waals surface area contributed by atoms with Crippen molar-refractivity contribution in [3.8, 4) is 0 Å². The Morgan fingerprint density at radius 3 is 3.17 bits per heavy atom. The van der Waals surface area contributed by atoms with Crippen LogP contribution in [0.3, 0.4) is 0 Å². The van der Waals surface area contributed by atoms with Crippen LogP contribution in [0.25, 0.3) is 6.08 Å². The van der Waals surface area contributed by atoms with Gasteiger partial charge in [0, 0.05) is 30.4 Å². The molecule has 1 unspecified atom stereocenters. The number of hydrogen-bond donors (Lipinski definition) is 1. The predicted octanol–water partition coefficient (Wildman–Crippen LogP) is 1.38. The fourth-order valence-corrected chi connectivity index (χ4v) is 2.25. The topological polar surface area (TPSA) is 66.3 Å². The van der Waals surface area contributed by atoms with E-state index in [-0.39, 0.29) is 0 Å². The van der Waals surface area contributed by atoms with Crippen molar-refractivity contribution in [2.45, 2.75) is 18.8 Å². The zero-order chi connectivity index (χ0) is 13.0. The normalized spacial score (nSPS) is 21.3. The Morgan fingerprint density at radius 1 is 1.61 bits per heavy atom. The van der Waals surface area contributed by atoms with E-state index in [9.17, 15) is 4.79 Å². The van der Waals surface area contributed by atoms with Gasteiger partial charge in [-0.1, -0.05) is 0 Å². The summed E-state index contributed by atoms with van der Waals surface area (Å²) >= 11 is 0. The third-order valence-electron chi connectivity index (χ3n) is 3.11. The second kappa shape index (κ2) is 5.73. The Kier molecular flexibility index (Phi) is 4.04. The predicted molar refractivity (Wildman–Crippen MR) is 68.2 cm³/mol. The smallest absolute Gasteiger partial charge is 0.328 e. The molecule has 1 aromatic heterocycles. The highest BCUT2D eigenvalue weighted by Crippen LogP contribution is 2.24. The van der Waals surface area contributed by atoms with Crippen LogP contribution in [0.4, 0.5) is 0 Å². The summed E-state index contributed by atoms with van der Waals surface area (Å²) in [6.45, 7) is 2.13. The van der Waals surface area contributed by atoms with Crippen molar-refractivity contribution < 1.29 is 9.90 Å². The first kappa shape index (κ1) is 12.7. The second-order valence-corrected chi connectivity index (χ2v) is 4.61. The summed E-state index contributed by atoms with van der Waals surface area (Å²) < 4.78 is 0. The van der Waals surface area contributed by atoms with Crippen LogP contribution in [0, 0.1) is 0 Å². The molecule has 0 saturated carbocycles. The van der Waals surface area contributed by atoms with E-state index < -0.39 is 5.97 Å².